The monoisotopic (exact) mass is 346 g/mol. The molecule has 2 aromatic rings. The molecule has 2 N–H and O–H groups in total. The molecule has 0 atom stereocenters. The third kappa shape index (κ3) is 4.92. The first-order chi connectivity index (χ1) is 12.1. The number of carbonyl (C=O) groups is 1. The smallest absolute Gasteiger partial charge is 0.243 e. The quantitative estimate of drug-likeness (QED) is 0.818. The van der Waals surface area contributed by atoms with Crippen molar-refractivity contribution in [1.29, 1.82) is 0 Å². The molecular weight excluding hydrogens is 326 g/mol. The summed E-state index contributed by atoms with van der Waals surface area (Å²) in [5.41, 5.74) is 0.551. The molecule has 3 rings (SSSR count). The van der Waals surface area contributed by atoms with Crippen molar-refractivity contribution in [3.8, 4) is 5.75 Å². The van der Waals surface area contributed by atoms with Crippen molar-refractivity contribution in [2.75, 3.05) is 17.2 Å². The van der Waals surface area contributed by atoms with Crippen molar-refractivity contribution in [3.05, 3.63) is 54.1 Å². The van der Waals surface area contributed by atoms with Gasteiger partial charge in [-0.15, -0.1) is 0 Å². The maximum atomic E-state index is 13.5. The highest BCUT2D eigenvalue weighted by Gasteiger charge is 2.16. The number of carbonyl (C=O) groups excluding carboxylic acids is 1. The van der Waals surface area contributed by atoms with Gasteiger partial charge in [0.15, 0.2) is 0 Å². The third-order valence-electron chi connectivity index (χ3n) is 4.09. The number of hydrogen-bond acceptors (Lipinski definition) is 3. The van der Waals surface area contributed by atoms with E-state index in [1.54, 1.807) is 0 Å². The predicted molar refractivity (Wildman–Crippen MR) is 92.8 cm³/mol. The summed E-state index contributed by atoms with van der Waals surface area (Å²) in [7, 11) is 0. The largest absolute Gasteiger partial charge is 0.490 e. The average Bonchev–Trinajstić information content (AvgIpc) is 3.10. The van der Waals surface area contributed by atoms with E-state index in [0.29, 0.717) is 0 Å². The molecule has 132 valence electrons. The Kier molecular flexibility index (Phi) is 5.48. The van der Waals surface area contributed by atoms with Gasteiger partial charge in [-0.05, 0) is 49.9 Å². The van der Waals surface area contributed by atoms with Gasteiger partial charge < -0.3 is 15.4 Å². The van der Waals surface area contributed by atoms with E-state index in [1.807, 2.05) is 24.3 Å². The number of ether oxygens (including phenoxy) is 1. The van der Waals surface area contributed by atoms with Gasteiger partial charge in [-0.2, -0.15) is 0 Å². The lowest BCUT2D eigenvalue weighted by molar-refractivity contribution is -0.114. The lowest BCUT2D eigenvalue weighted by atomic mass is 10.2. The average molecular weight is 346 g/mol. The second-order valence-corrected chi connectivity index (χ2v) is 6.08. The highest BCUT2D eigenvalue weighted by atomic mass is 19.1. The molecule has 0 radical (unpaired) electrons. The Hall–Kier alpha value is -2.63. The fourth-order valence-electron chi connectivity index (χ4n) is 2.85. The van der Waals surface area contributed by atoms with Crippen LogP contribution in [-0.2, 0) is 4.79 Å². The van der Waals surface area contributed by atoms with Gasteiger partial charge in [0.2, 0.25) is 5.91 Å². The van der Waals surface area contributed by atoms with E-state index in [4.69, 9.17) is 4.74 Å². The molecule has 0 bridgehead atoms. The van der Waals surface area contributed by atoms with Crippen LogP contribution in [0.4, 0.5) is 20.2 Å². The van der Waals surface area contributed by atoms with Crippen LogP contribution in [0.5, 0.6) is 5.75 Å². The van der Waals surface area contributed by atoms with E-state index >= 15 is 0 Å². The van der Waals surface area contributed by atoms with E-state index in [9.17, 15) is 13.6 Å². The summed E-state index contributed by atoms with van der Waals surface area (Å²) < 4.78 is 32.5. The number of nitrogens with one attached hydrogen (secondary N) is 2. The van der Waals surface area contributed by atoms with Crippen LogP contribution in [0.2, 0.25) is 0 Å². The molecule has 2 aromatic carbocycles. The zero-order valence-corrected chi connectivity index (χ0v) is 13.7. The molecule has 4 nitrogen and oxygen atoms in total. The van der Waals surface area contributed by atoms with Crippen molar-refractivity contribution in [3.63, 3.8) is 0 Å². The minimum atomic E-state index is -0.679. The molecular formula is C19H20F2N2O2. The van der Waals surface area contributed by atoms with Crippen LogP contribution in [-0.4, -0.2) is 18.6 Å². The second-order valence-electron chi connectivity index (χ2n) is 6.08. The van der Waals surface area contributed by atoms with Crippen molar-refractivity contribution < 1.29 is 18.3 Å². The maximum absolute atomic E-state index is 13.5. The van der Waals surface area contributed by atoms with E-state index in [-0.39, 0.29) is 18.3 Å². The van der Waals surface area contributed by atoms with E-state index < -0.39 is 17.5 Å². The lowest BCUT2D eigenvalue weighted by Gasteiger charge is -2.14. The Morgan fingerprint density at radius 1 is 1.12 bits per heavy atom. The van der Waals surface area contributed by atoms with Gasteiger partial charge in [-0.25, -0.2) is 8.78 Å². The molecule has 25 heavy (non-hydrogen) atoms. The summed E-state index contributed by atoms with van der Waals surface area (Å²) in [5, 5.41) is 5.30. The van der Waals surface area contributed by atoms with Crippen LogP contribution >= 0.6 is 0 Å². The van der Waals surface area contributed by atoms with Crippen molar-refractivity contribution >= 4 is 17.3 Å². The van der Waals surface area contributed by atoms with Crippen molar-refractivity contribution in [1.82, 2.24) is 0 Å². The first kappa shape index (κ1) is 17.2. The zero-order valence-electron chi connectivity index (χ0n) is 13.7. The summed E-state index contributed by atoms with van der Waals surface area (Å²) >= 11 is 0. The molecule has 0 aromatic heterocycles. The van der Waals surface area contributed by atoms with Gasteiger partial charge in [-0.1, -0.05) is 6.07 Å². The zero-order chi connectivity index (χ0) is 17.6. The molecule has 0 spiro atoms. The summed E-state index contributed by atoms with van der Waals surface area (Å²) in [6.45, 7) is -0.0666. The number of hydrogen-bond donors (Lipinski definition) is 2. The maximum Gasteiger partial charge on any atom is 0.243 e. The number of amides is 1. The topological polar surface area (TPSA) is 50.4 Å². The van der Waals surface area contributed by atoms with Crippen LogP contribution < -0.4 is 15.4 Å². The first-order valence-corrected chi connectivity index (χ1v) is 8.35. The molecule has 0 aliphatic heterocycles. The van der Waals surface area contributed by atoms with Gasteiger partial charge in [0.25, 0.3) is 0 Å². The molecule has 1 saturated carbocycles. The minimum Gasteiger partial charge on any atom is -0.490 e. The summed E-state index contributed by atoms with van der Waals surface area (Å²) in [6, 6.07) is 10.3. The van der Waals surface area contributed by atoms with Gasteiger partial charge in [-0.3, -0.25) is 4.79 Å². The number of anilines is 2. The summed E-state index contributed by atoms with van der Waals surface area (Å²) in [5.74, 6) is -0.997. The molecule has 1 aliphatic carbocycles. The van der Waals surface area contributed by atoms with Crippen LogP contribution in [0.15, 0.2) is 42.5 Å². The second kappa shape index (κ2) is 7.96. The van der Waals surface area contributed by atoms with Crippen molar-refractivity contribution in [2.24, 2.45) is 0 Å². The van der Waals surface area contributed by atoms with Crippen LogP contribution in [0.3, 0.4) is 0 Å². The Morgan fingerprint density at radius 3 is 2.72 bits per heavy atom. The van der Waals surface area contributed by atoms with Gasteiger partial charge in [0, 0.05) is 17.8 Å². The molecule has 1 amide bonds. The molecule has 0 unspecified atom stereocenters. The van der Waals surface area contributed by atoms with Crippen LogP contribution in [0, 0.1) is 11.6 Å². The van der Waals surface area contributed by atoms with Gasteiger partial charge in [0.05, 0.1) is 18.3 Å². The molecule has 1 fully saturated rings. The highest BCUT2D eigenvalue weighted by molar-refractivity contribution is 5.93. The number of rotatable bonds is 6. The van der Waals surface area contributed by atoms with Crippen molar-refractivity contribution in [2.45, 2.75) is 31.8 Å². The van der Waals surface area contributed by atoms with Gasteiger partial charge >= 0.3 is 0 Å². The Bertz CT molecular complexity index is 746. The Balaban J connectivity index is 1.54. The van der Waals surface area contributed by atoms with Crippen LogP contribution in [0.25, 0.3) is 0 Å². The summed E-state index contributed by atoms with van der Waals surface area (Å²) in [4.78, 5) is 11.9. The fourth-order valence-corrected chi connectivity index (χ4v) is 2.85. The number of halogens is 2. The Morgan fingerprint density at radius 2 is 1.92 bits per heavy atom. The molecule has 0 saturated heterocycles. The van der Waals surface area contributed by atoms with E-state index in [2.05, 4.69) is 10.6 Å². The van der Waals surface area contributed by atoms with E-state index in [0.717, 1.165) is 42.5 Å². The predicted octanol–water partition coefficient (Wildman–Crippen LogP) is 4.34. The lowest BCUT2D eigenvalue weighted by Crippen LogP contribution is -2.22. The summed E-state index contributed by atoms with van der Waals surface area (Å²) in [6.07, 6.45) is 4.78. The standard InChI is InChI=1S/C19H20F2N2O2/c20-13-8-9-17(21)18(10-13)23-19(24)12-22-14-4-3-7-16(11-14)25-15-5-1-2-6-15/h3-4,7-11,15,22H,1-2,5-6,12H2,(H,23,24). The third-order valence-corrected chi connectivity index (χ3v) is 4.09. The number of benzene rings is 2. The first-order valence-electron chi connectivity index (χ1n) is 8.35. The van der Waals surface area contributed by atoms with Crippen LogP contribution in [0.1, 0.15) is 25.7 Å². The fraction of sp³-hybridized carbons (Fsp3) is 0.316. The minimum absolute atomic E-state index is 0.0666. The molecule has 0 heterocycles. The van der Waals surface area contributed by atoms with E-state index in [1.165, 1.54) is 12.8 Å². The SMILES string of the molecule is O=C(CNc1cccc(OC2CCCC2)c1)Nc1cc(F)ccc1F. The molecule has 1 aliphatic rings. The molecule has 6 heteroatoms. The highest BCUT2D eigenvalue weighted by Crippen LogP contribution is 2.25. The Labute approximate surface area is 145 Å². The van der Waals surface area contributed by atoms with Gasteiger partial charge in [0.1, 0.15) is 17.4 Å². The normalized spacial score (nSPS) is 14.3.